The van der Waals surface area contributed by atoms with Crippen molar-refractivity contribution in [3.05, 3.63) is 53.3 Å². The van der Waals surface area contributed by atoms with E-state index in [1.807, 2.05) is 30.6 Å². The van der Waals surface area contributed by atoms with Gasteiger partial charge in [0, 0.05) is 25.5 Å². The minimum atomic E-state index is 0. The first-order valence-electron chi connectivity index (χ1n) is 8.56. The summed E-state index contributed by atoms with van der Waals surface area (Å²) in [5.41, 5.74) is 3.60. The Morgan fingerprint density at radius 1 is 1.19 bits per heavy atom. The number of aromatic nitrogens is 1. The second-order valence-corrected chi connectivity index (χ2v) is 5.86. The molecule has 0 saturated heterocycles. The lowest BCUT2D eigenvalue weighted by Crippen LogP contribution is -2.38. The molecule has 0 amide bonds. The third-order valence-electron chi connectivity index (χ3n) is 4.02. The summed E-state index contributed by atoms with van der Waals surface area (Å²) >= 11 is 0. The first-order chi connectivity index (χ1) is 12.3. The number of aryl methyl sites for hydroxylation is 1. The molecule has 0 radical (unpaired) electrons. The molecule has 0 atom stereocenters. The van der Waals surface area contributed by atoms with Crippen molar-refractivity contribution in [2.45, 2.75) is 26.8 Å². The van der Waals surface area contributed by atoms with Gasteiger partial charge in [-0.1, -0.05) is 6.07 Å². The number of halogens is 1. The highest BCUT2D eigenvalue weighted by molar-refractivity contribution is 14.0. The summed E-state index contributed by atoms with van der Waals surface area (Å²) in [5.74, 6) is 2.40. The third kappa shape index (κ3) is 5.48. The minimum Gasteiger partial charge on any atom is -0.454 e. The Morgan fingerprint density at radius 2 is 2.04 bits per heavy atom. The summed E-state index contributed by atoms with van der Waals surface area (Å²) in [5, 5.41) is 6.66. The van der Waals surface area contributed by atoms with E-state index in [4.69, 9.17) is 9.47 Å². The van der Waals surface area contributed by atoms with E-state index in [2.05, 4.69) is 40.5 Å². The van der Waals surface area contributed by atoms with E-state index >= 15 is 0 Å². The van der Waals surface area contributed by atoms with Crippen LogP contribution in [0, 0.1) is 6.92 Å². The molecule has 0 aliphatic carbocycles. The lowest BCUT2D eigenvalue weighted by atomic mass is 10.1. The first kappa shape index (κ1) is 20.3. The van der Waals surface area contributed by atoms with Crippen LogP contribution in [-0.2, 0) is 13.0 Å². The van der Waals surface area contributed by atoms with E-state index in [-0.39, 0.29) is 24.0 Å². The fourth-order valence-corrected chi connectivity index (χ4v) is 2.65. The molecule has 7 heteroatoms. The molecule has 2 heterocycles. The average Bonchev–Trinajstić information content (AvgIpc) is 3.09. The Balaban J connectivity index is 0.00000243. The molecule has 0 unspecified atom stereocenters. The number of guanidine groups is 1. The lowest BCUT2D eigenvalue weighted by Gasteiger charge is -2.12. The standard InChI is InChI=1S/C19H24N4O2.HI/c1-3-21-19(22-9-7-16-6-8-20-11-14(16)2)23-12-15-4-5-17-18(10-15)25-13-24-17;/h4-6,8,10-11H,3,7,9,12-13H2,1-2H3,(H2,21,22,23);1H. The quantitative estimate of drug-likeness (QED) is 0.388. The fourth-order valence-electron chi connectivity index (χ4n) is 2.65. The highest BCUT2D eigenvalue weighted by Gasteiger charge is 2.12. The van der Waals surface area contributed by atoms with Gasteiger partial charge in [0.05, 0.1) is 6.54 Å². The molecule has 1 aromatic carbocycles. The molecule has 0 bridgehead atoms. The van der Waals surface area contributed by atoms with Gasteiger partial charge in [0.1, 0.15) is 0 Å². The topological polar surface area (TPSA) is 67.8 Å². The number of ether oxygens (including phenoxy) is 2. The summed E-state index contributed by atoms with van der Waals surface area (Å²) in [6.45, 7) is 6.66. The fraction of sp³-hybridized carbons (Fsp3) is 0.368. The van der Waals surface area contributed by atoms with E-state index in [1.54, 1.807) is 0 Å². The summed E-state index contributed by atoms with van der Waals surface area (Å²) < 4.78 is 10.7. The van der Waals surface area contributed by atoms with Crippen molar-refractivity contribution in [1.29, 1.82) is 0 Å². The lowest BCUT2D eigenvalue weighted by molar-refractivity contribution is 0.174. The van der Waals surface area contributed by atoms with Crippen molar-refractivity contribution in [3.63, 3.8) is 0 Å². The second kappa shape index (κ2) is 10.2. The smallest absolute Gasteiger partial charge is 0.231 e. The second-order valence-electron chi connectivity index (χ2n) is 5.86. The molecule has 0 spiro atoms. The molecule has 0 saturated carbocycles. The van der Waals surface area contributed by atoms with Crippen LogP contribution in [-0.4, -0.2) is 30.8 Å². The zero-order chi connectivity index (χ0) is 17.5. The molecule has 140 valence electrons. The van der Waals surface area contributed by atoms with Gasteiger partial charge in [-0.3, -0.25) is 4.98 Å². The highest BCUT2D eigenvalue weighted by atomic mass is 127. The van der Waals surface area contributed by atoms with Crippen LogP contribution < -0.4 is 20.1 Å². The van der Waals surface area contributed by atoms with Crippen LogP contribution >= 0.6 is 24.0 Å². The van der Waals surface area contributed by atoms with Crippen molar-refractivity contribution in [2.75, 3.05) is 19.9 Å². The maximum Gasteiger partial charge on any atom is 0.231 e. The number of fused-ring (bicyclic) bond motifs is 1. The maximum atomic E-state index is 5.41. The van der Waals surface area contributed by atoms with Crippen LogP contribution in [0.2, 0.25) is 0 Å². The van der Waals surface area contributed by atoms with Crippen LogP contribution in [0.25, 0.3) is 0 Å². The SMILES string of the molecule is CCNC(=NCc1ccc2c(c1)OCO2)NCCc1ccncc1C.I. The zero-order valence-electron chi connectivity index (χ0n) is 15.1. The Bertz CT molecular complexity index is 752. The summed E-state index contributed by atoms with van der Waals surface area (Å²) in [6.07, 6.45) is 4.66. The zero-order valence-corrected chi connectivity index (χ0v) is 17.4. The molecular weight excluding hydrogens is 443 g/mol. The Kier molecular flexibility index (Phi) is 7.96. The molecule has 26 heavy (non-hydrogen) atoms. The van der Waals surface area contributed by atoms with Crippen LogP contribution in [0.5, 0.6) is 11.5 Å². The monoisotopic (exact) mass is 468 g/mol. The molecule has 1 aromatic heterocycles. The van der Waals surface area contributed by atoms with Gasteiger partial charge in [-0.15, -0.1) is 24.0 Å². The largest absolute Gasteiger partial charge is 0.454 e. The first-order valence-corrected chi connectivity index (χ1v) is 8.56. The van der Waals surface area contributed by atoms with Gasteiger partial charge in [0.2, 0.25) is 6.79 Å². The van der Waals surface area contributed by atoms with E-state index < -0.39 is 0 Å². The van der Waals surface area contributed by atoms with Crippen molar-refractivity contribution in [3.8, 4) is 11.5 Å². The predicted molar refractivity (Wildman–Crippen MR) is 113 cm³/mol. The van der Waals surface area contributed by atoms with Gasteiger partial charge >= 0.3 is 0 Å². The number of rotatable bonds is 6. The van der Waals surface area contributed by atoms with Gasteiger partial charge in [-0.2, -0.15) is 0 Å². The average molecular weight is 468 g/mol. The van der Waals surface area contributed by atoms with Crippen LogP contribution in [0.3, 0.4) is 0 Å². The Morgan fingerprint density at radius 3 is 2.85 bits per heavy atom. The van der Waals surface area contributed by atoms with E-state index in [1.165, 1.54) is 11.1 Å². The van der Waals surface area contributed by atoms with E-state index in [0.29, 0.717) is 13.3 Å². The van der Waals surface area contributed by atoms with Crippen LogP contribution in [0.15, 0.2) is 41.7 Å². The molecule has 1 aliphatic heterocycles. The normalized spacial score (nSPS) is 12.5. The van der Waals surface area contributed by atoms with Crippen molar-refractivity contribution in [1.82, 2.24) is 15.6 Å². The Labute approximate surface area is 171 Å². The molecule has 2 N–H and O–H groups in total. The van der Waals surface area contributed by atoms with Crippen LogP contribution in [0.4, 0.5) is 0 Å². The molecule has 1 aliphatic rings. The number of nitrogens with zero attached hydrogens (tertiary/aromatic N) is 2. The summed E-state index contributed by atoms with van der Waals surface area (Å²) in [7, 11) is 0. The highest BCUT2D eigenvalue weighted by Crippen LogP contribution is 2.32. The van der Waals surface area contributed by atoms with Gasteiger partial charge in [-0.25, -0.2) is 4.99 Å². The predicted octanol–water partition coefficient (Wildman–Crippen LogP) is 3.03. The number of pyridine rings is 1. The number of hydrogen-bond acceptors (Lipinski definition) is 4. The van der Waals surface area contributed by atoms with Crippen molar-refractivity contribution in [2.24, 2.45) is 4.99 Å². The van der Waals surface area contributed by atoms with E-state index in [9.17, 15) is 0 Å². The number of hydrogen-bond donors (Lipinski definition) is 2. The van der Waals surface area contributed by atoms with Gasteiger partial charge in [-0.05, 0) is 55.2 Å². The number of nitrogens with one attached hydrogen (secondary N) is 2. The molecule has 2 aromatic rings. The van der Waals surface area contributed by atoms with Gasteiger partial charge in [0.15, 0.2) is 17.5 Å². The number of aliphatic imine (C=N–C) groups is 1. The summed E-state index contributed by atoms with van der Waals surface area (Å²) in [6, 6.07) is 7.99. The third-order valence-corrected chi connectivity index (χ3v) is 4.02. The van der Waals surface area contributed by atoms with Crippen LogP contribution in [0.1, 0.15) is 23.6 Å². The minimum absolute atomic E-state index is 0. The molecule has 6 nitrogen and oxygen atoms in total. The summed E-state index contributed by atoms with van der Waals surface area (Å²) in [4.78, 5) is 8.78. The Hall–Kier alpha value is -2.03. The maximum absolute atomic E-state index is 5.41. The molecule has 0 fully saturated rings. The number of benzene rings is 1. The molecule has 3 rings (SSSR count). The van der Waals surface area contributed by atoms with Gasteiger partial charge in [0.25, 0.3) is 0 Å². The van der Waals surface area contributed by atoms with E-state index in [0.717, 1.165) is 42.5 Å². The van der Waals surface area contributed by atoms with Gasteiger partial charge < -0.3 is 20.1 Å². The van der Waals surface area contributed by atoms with Crippen molar-refractivity contribution < 1.29 is 9.47 Å². The molecular formula is C19H25IN4O2. The van der Waals surface area contributed by atoms with Crippen molar-refractivity contribution >= 4 is 29.9 Å².